The van der Waals surface area contributed by atoms with Crippen LogP contribution in [0.4, 0.5) is 0 Å². The van der Waals surface area contributed by atoms with Crippen molar-refractivity contribution < 1.29 is 9.53 Å². The molecule has 3 rings (SSSR count). The van der Waals surface area contributed by atoms with Crippen LogP contribution in [0.1, 0.15) is 27.8 Å². The van der Waals surface area contributed by atoms with Crippen molar-refractivity contribution in [2.45, 2.75) is 19.3 Å². The van der Waals surface area contributed by atoms with Crippen LogP contribution in [0.2, 0.25) is 0 Å². The zero-order valence-electron chi connectivity index (χ0n) is 8.37. The Kier molecular flexibility index (Phi) is 2.30. The summed E-state index contributed by atoms with van der Waals surface area (Å²) < 4.78 is 7.44. The van der Waals surface area contributed by atoms with Crippen LogP contribution in [0, 0.1) is 0 Å². The van der Waals surface area contributed by atoms with E-state index in [0.29, 0.717) is 25.1 Å². The number of fused-ring (bicyclic) bond motifs is 1. The molecule has 0 spiro atoms. The van der Waals surface area contributed by atoms with Crippen molar-refractivity contribution >= 4 is 17.6 Å². The number of carbonyl (C=O) groups is 1. The number of hydrogen-bond acceptors (Lipinski definition) is 5. The Morgan fingerprint density at radius 3 is 3.31 bits per heavy atom. The van der Waals surface area contributed by atoms with Gasteiger partial charge in [0.2, 0.25) is 0 Å². The Morgan fingerprint density at radius 1 is 1.62 bits per heavy atom. The Hall–Kier alpha value is -1.53. The first-order valence-electron chi connectivity index (χ1n) is 4.89. The highest BCUT2D eigenvalue weighted by Gasteiger charge is 2.24. The smallest absolute Gasteiger partial charge is 0.172 e. The highest BCUT2D eigenvalue weighted by atomic mass is 32.1. The molecule has 1 aliphatic rings. The maximum atomic E-state index is 10.7. The average Bonchev–Trinajstić information content (AvgIpc) is 2.97. The standard InChI is InChI=1S/C10H9N3O2S/c14-4-8-9-5-15-10(3-13(9)12-11-8)7-1-2-16-6-7/h1-2,4,6,10H,3,5H2/t10-/m1/s1. The number of aldehydes is 1. The first kappa shape index (κ1) is 9.68. The molecule has 0 aromatic carbocycles. The number of rotatable bonds is 2. The molecule has 0 aliphatic carbocycles. The minimum absolute atomic E-state index is 0.0138. The molecule has 0 N–H and O–H groups in total. The van der Waals surface area contributed by atoms with Crippen LogP contribution in [0.5, 0.6) is 0 Å². The van der Waals surface area contributed by atoms with Gasteiger partial charge in [-0.2, -0.15) is 11.3 Å². The van der Waals surface area contributed by atoms with E-state index in [1.807, 2.05) is 11.4 Å². The molecule has 5 nitrogen and oxygen atoms in total. The van der Waals surface area contributed by atoms with Gasteiger partial charge in [0, 0.05) is 0 Å². The van der Waals surface area contributed by atoms with Gasteiger partial charge in [-0.25, -0.2) is 4.68 Å². The molecule has 6 heteroatoms. The second-order valence-electron chi connectivity index (χ2n) is 3.58. The van der Waals surface area contributed by atoms with Gasteiger partial charge in [-0.3, -0.25) is 4.79 Å². The lowest BCUT2D eigenvalue weighted by Gasteiger charge is -2.23. The normalized spacial score (nSPS) is 19.4. The summed E-state index contributed by atoms with van der Waals surface area (Å²) in [5, 5.41) is 11.8. The molecule has 0 amide bonds. The maximum Gasteiger partial charge on any atom is 0.172 e. The first-order valence-corrected chi connectivity index (χ1v) is 5.84. The molecule has 0 bridgehead atoms. The van der Waals surface area contributed by atoms with E-state index < -0.39 is 0 Å². The molecule has 1 atom stereocenters. The van der Waals surface area contributed by atoms with Gasteiger partial charge in [0.15, 0.2) is 12.0 Å². The van der Waals surface area contributed by atoms with Gasteiger partial charge >= 0.3 is 0 Å². The van der Waals surface area contributed by atoms with Gasteiger partial charge in [0.05, 0.1) is 18.8 Å². The van der Waals surface area contributed by atoms with Crippen LogP contribution in [0.3, 0.4) is 0 Å². The predicted octanol–water partition coefficient (Wildman–Crippen LogP) is 1.42. The Balaban J connectivity index is 1.90. The van der Waals surface area contributed by atoms with Crippen LogP contribution in [0.15, 0.2) is 16.8 Å². The zero-order chi connectivity index (χ0) is 11.0. The summed E-state index contributed by atoms with van der Waals surface area (Å²) in [6.45, 7) is 1.01. The zero-order valence-corrected chi connectivity index (χ0v) is 9.18. The lowest BCUT2D eigenvalue weighted by atomic mass is 10.1. The summed E-state index contributed by atoms with van der Waals surface area (Å²) in [4.78, 5) is 10.7. The van der Waals surface area contributed by atoms with Crippen LogP contribution < -0.4 is 0 Å². The quantitative estimate of drug-likeness (QED) is 0.739. The van der Waals surface area contributed by atoms with Gasteiger partial charge < -0.3 is 4.74 Å². The van der Waals surface area contributed by atoms with Crippen molar-refractivity contribution in [3.63, 3.8) is 0 Å². The Morgan fingerprint density at radius 2 is 2.56 bits per heavy atom. The summed E-state index contributed by atoms with van der Waals surface area (Å²) in [7, 11) is 0. The topological polar surface area (TPSA) is 57.0 Å². The number of nitrogens with zero attached hydrogens (tertiary/aromatic N) is 3. The van der Waals surface area contributed by atoms with Gasteiger partial charge in [-0.05, 0) is 22.4 Å². The molecular weight excluding hydrogens is 226 g/mol. The number of thiophene rings is 1. The molecule has 0 radical (unpaired) electrons. The third-order valence-electron chi connectivity index (χ3n) is 2.65. The molecule has 0 unspecified atom stereocenters. The van der Waals surface area contributed by atoms with E-state index in [4.69, 9.17) is 4.74 Å². The summed E-state index contributed by atoms with van der Waals surface area (Å²) in [6.07, 6.45) is 0.729. The van der Waals surface area contributed by atoms with Crippen LogP contribution in [-0.4, -0.2) is 21.3 Å². The van der Waals surface area contributed by atoms with Crippen molar-refractivity contribution in [3.05, 3.63) is 33.8 Å². The van der Waals surface area contributed by atoms with Gasteiger partial charge in [-0.15, -0.1) is 5.10 Å². The maximum absolute atomic E-state index is 10.7. The van der Waals surface area contributed by atoms with Crippen LogP contribution in [-0.2, 0) is 17.9 Å². The van der Waals surface area contributed by atoms with Gasteiger partial charge in [0.25, 0.3) is 0 Å². The van der Waals surface area contributed by atoms with E-state index in [1.54, 1.807) is 16.0 Å². The minimum Gasteiger partial charge on any atom is -0.365 e. The number of carbonyl (C=O) groups excluding carboxylic acids is 1. The SMILES string of the molecule is O=Cc1nnn2c1CO[C@@H](c1ccsc1)C2. The summed E-state index contributed by atoms with van der Waals surface area (Å²) in [5.41, 5.74) is 2.30. The molecule has 0 saturated carbocycles. The Labute approximate surface area is 95.7 Å². The largest absolute Gasteiger partial charge is 0.365 e. The fraction of sp³-hybridized carbons (Fsp3) is 0.300. The van der Waals surface area contributed by atoms with E-state index >= 15 is 0 Å². The van der Waals surface area contributed by atoms with E-state index in [2.05, 4.69) is 15.7 Å². The number of ether oxygens (including phenoxy) is 1. The molecule has 2 aromatic rings. The van der Waals surface area contributed by atoms with E-state index in [1.165, 1.54) is 0 Å². The van der Waals surface area contributed by atoms with E-state index in [0.717, 1.165) is 11.3 Å². The fourth-order valence-electron chi connectivity index (χ4n) is 1.78. The van der Waals surface area contributed by atoms with Crippen molar-refractivity contribution in [1.82, 2.24) is 15.0 Å². The van der Waals surface area contributed by atoms with Crippen LogP contribution >= 0.6 is 11.3 Å². The first-order chi connectivity index (χ1) is 7.88. The van der Waals surface area contributed by atoms with Crippen molar-refractivity contribution in [2.24, 2.45) is 0 Å². The fourth-order valence-corrected chi connectivity index (χ4v) is 2.48. The average molecular weight is 235 g/mol. The second kappa shape index (κ2) is 3.80. The Bertz CT molecular complexity index is 506. The van der Waals surface area contributed by atoms with Crippen molar-refractivity contribution in [3.8, 4) is 0 Å². The van der Waals surface area contributed by atoms with E-state index in [9.17, 15) is 4.79 Å². The summed E-state index contributed by atoms with van der Waals surface area (Å²) >= 11 is 1.64. The predicted molar refractivity (Wildman–Crippen MR) is 57.3 cm³/mol. The molecule has 2 aromatic heterocycles. The molecule has 1 aliphatic heterocycles. The minimum atomic E-state index is 0.0138. The second-order valence-corrected chi connectivity index (χ2v) is 4.36. The number of aromatic nitrogens is 3. The lowest BCUT2D eigenvalue weighted by molar-refractivity contribution is -0.00138. The van der Waals surface area contributed by atoms with Gasteiger partial charge in [0.1, 0.15) is 6.10 Å². The number of hydrogen-bond donors (Lipinski definition) is 0. The summed E-state index contributed by atoms with van der Waals surface area (Å²) in [5.74, 6) is 0. The highest BCUT2D eigenvalue weighted by Crippen LogP contribution is 2.27. The lowest BCUT2D eigenvalue weighted by Crippen LogP contribution is -2.22. The van der Waals surface area contributed by atoms with Crippen molar-refractivity contribution in [2.75, 3.05) is 0 Å². The third-order valence-corrected chi connectivity index (χ3v) is 3.36. The molecule has 3 heterocycles. The highest BCUT2D eigenvalue weighted by molar-refractivity contribution is 7.07. The van der Waals surface area contributed by atoms with Crippen LogP contribution in [0.25, 0.3) is 0 Å². The molecule has 82 valence electrons. The molecule has 0 fully saturated rings. The van der Waals surface area contributed by atoms with Gasteiger partial charge in [-0.1, -0.05) is 5.21 Å². The third kappa shape index (κ3) is 1.46. The van der Waals surface area contributed by atoms with E-state index in [-0.39, 0.29) is 6.10 Å². The molecular formula is C10H9N3O2S. The molecule has 16 heavy (non-hydrogen) atoms. The summed E-state index contributed by atoms with van der Waals surface area (Å²) in [6, 6.07) is 2.04. The van der Waals surface area contributed by atoms with Crippen molar-refractivity contribution in [1.29, 1.82) is 0 Å². The monoisotopic (exact) mass is 235 g/mol. The molecule has 0 saturated heterocycles.